The molecule has 0 fully saturated rings. The van der Waals surface area contributed by atoms with Gasteiger partial charge in [0.25, 0.3) is 5.91 Å². The Bertz CT molecular complexity index is 1230. The Balaban J connectivity index is 1.43. The lowest BCUT2D eigenvalue weighted by Gasteiger charge is -2.16. The maximum atomic E-state index is 12.6. The number of nitrogens with one attached hydrogen (secondary N) is 2. The van der Waals surface area contributed by atoms with Crippen molar-refractivity contribution in [2.24, 2.45) is 0 Å². The molecule has 4 rings (SSSR count). The van der Waals surface area contributed by atoms with Gasteiger partial charge < -0.3 is 19.9 Å². The summed E-state index contributed by atoms with van der Waals surface area (Å²) in [4.78, 5) is 36.3. The summed E-state index contributed by atoms with van der Waals surface area (Å²) in [6.45, 7) is 1.84. The Morgan fingerprint density at radius 1 is 0.971 bits per heavy atom. The van der Waals surface area contributed by atoms with Crippen molar-refractivity contribution in [2.75, 3.05) is 19.0 Å². The van der Waals surface area contributed by atoms with Gasteiger partial charge in [0.15, 0.2) is 0 Å². The molecule has 0 saturated heterocycles. The fourth-order valence-corrected chi connectivity index (χ4v) is 4.28. The molecule has 0 aliphatic heterocycles. The quantitative estimate of drug-likeness (QED) is 0.438. The number of aliphatic carboxylic acids is 1. The predicted molar refractivity (Wildman–Crippen MR) is 131 cm³/mol. The largest absolute Gasteiger partial charge is 0.496 e. The van der Waals surface area contributed by atoms with Gasteiger partial charge >= 0.3 is 12.1 Å². The minimum absolute atomic E-state index is 0.0606. The van der Waals surface area contributed by atoms with Gasteiger partial charge in [0, 0.05) is 17.7 Å². The number of rotatable bonds is 8. The molecular formula is C27H26N2O6. The van der Waals surface area contributed by atoms with E-state index >= 15 is 0 Å². The van der Waals surface area contributed by atoms with E-state index in [2.05, 4.69) is 22.8 Å². The molecule has 0 heterocycles. The molecule has 8 nitrogen and oxygen atoms in total. The van der Waals surface area contributed by atoms with Crippen molar-refractivity contribution in [1.29, 1.82) is 0 Å². The van der Waals surface area contributed by atoms with Gasteiger partial charge in [-0.05, 0) is 40.8 Å². The summed E-state index contributed by atoms with van der Waals surface area (Å²) in [6.07, 6.45) is -0.395. The second kappa shape index (κ2) is 10.3. The summed E-state index contributed by atoms with van der Waals surface area (Å²) in [7, 11) is 1.39. The molecule has 8 heteroatoms. The Labute approximate surface area is 202 Å². The van der Waals surface area contributed by atoms with Crippen molar-refractivity contribution in [3.63, 3.8) is 0 Å². The van der Waals surface area contributed by atoms with Gasteiger partial charge in [-0.3, -0.25) is 10.1 Å². The topological polar surface area (TPSA) is 114 Å². The average molecular weight is 475 g/mol. The molecule has 3 aromatic carbocycles. The van der Waals surface area contributed by atoms with Gasteiger partial charge in [-0.25, -0.2) is 9.59 Å². The van der Waals surface area contributed by atoms with E-state index in [1.54, 1.807) is 6.92 Å². The SMILES string of the molecule is CC[C@@H](NC(=O)c1ccc(NC(=O)OCC2c3ccccc3-c3ccccc32)cc1OC)C(=O)O. The van der Waals surface area contributed by atoms with E-state index < -0.39 is 24.0 Å². The summed E-state index contributed by atoms with van der Waals surface area (Å²) < 4.78 is 10.8. The molecule has 3 aromatic rings. The number of anilines is 1. The minimum atomic E-state index is -1.12. The third-order valence-electron chi connectivity index (χ3n) is 6.05. The highest BCUT2D eigenvalue weighted by molar-refractivity contribution is 5.99. The third kappa shape index (κ3) is 4.96. The van der Waals surface area contributed by atoms with Crippen molar-refractivity contribution in [2.45, 2.75) is 25.3 Å². The normalized spacial score (nSPS) is 12.7. The Morgan fingerprint density at radius 3 is 2.17 bits per heavy atom. The molecule has 1 aliphatic carbocycles. The van der Waals surface area contributed by atoms with Crippen LogP contribution in [0.5, 0.6) is 5.75 Å². The molecule has 1 aliphatic rings. The highest BCUT2D eigenvalue weighted by atomic mass is 16.5. The lowest BCUT2D eigenvalue weighted by Crippen LogP contribution is -2.40. The van der Waals surface area contributed by atoms with Gasteiger partial charge in [-0.15, -0.1) is 0 Å². The molecule has 0 aromatic heterocycles. The van der Waals surface area contributed by atoms with Gasteiger partial charge in [0.05, 0.1) is 12.7 Å². The van der Waals surface area contributed by atoms with Crippen molar-refractivity contribution >= 4 is 23.7 Å². The van der Waals surface area contributed by atoms with E-state index in [1.165, 1.54) is 25.3 Å². The number of carbonyl (C=O) groups is 3. The number of hydrogen-bond donors (Lipinski definition) is 3. The van der Waals surface area contributed by atoms with Crippen molar-refractivity contribution in [3.05, 3.63) is 83.4 Å². The first-order valence-corrected chi connectivity index (χ1v) is 11.3. The number of carboxylic acids is 1. The molecule has 0 saturated carbocycles. The molecular weight excluding hydrogens is 448 g/mol. The highest BCUT2D eigenvalue weighted by Gasteiger charge is 2.29. The minimum Gasteiger partial charge on any atom is -0.496 e. The van der Waals surface area contributed by atoms with Crippen LogP contribution in [0.2, 0.25) is 0 Å². The molecule has 1 atom stereocenters. The standard InChI is InChI=1S/C27H26N2O6/c1-3-23(26(31)32)29-25(30)21-13-12-16(14-24(21)34-2)28-27(33)35-15-22-19-10-6-4-8-17(19)18-9-5-7-11-20(18)22/h4-14,22-23H,3,15H2,1-2H3,(H,28,33)(H,29,30)(H,31,32)/t23-/m1/s1. The number of amides is 2. The van der Waals surface area contributed by atoms with Crippen LogP contribution in [0.3, 0.4) is 0 Å². The number of benzene rings is 3. The van der Waals surface area contributed by atoms with Crippen LogP contribution >= 0.6 is 0 Å². The zero-order valence-corrected chi connectivity index (χ0v) is 19.4. The van der Waals surface area contributed by atoms with E-state index in [0.717, 1.165) is 22.3 Å². The smallest absolute Gasteiger partial charge is 0.411 e. The molecule has 0 radical (unpaired) electrons. The zero-order chi connectivity index (χ0) is 24.9. The summed E-state index contributed by atoms with van der Waals surface area (Å²) in [5.74, 6) is -1.56. The summed E-state index contributed by atoms with van der Waals surface area (Å²) in [6, 6.07) is 19.6. The summed E-state index contributed by atoms with van der Waals surface area (Å²) in [5.41, 5.74) is 5.05. The first kappa shape index (κ1) is 23.8. The molecule has 0 unspecified atom stereocenters. The van der Waals surface area contributed by atoms with Crippen LogP contribution in [0, 0.1) is 0 Å². The van der Waals surface area contributed by atoms with E-state index in [4.69, 9.17) is 14.6 Å². The van der Waals surface area contributed by atoms with Crippen LogP contribution in [0.15, 0.2) is 66.7 Å². The number of hydrogen-bond acceptors (Lipinski definition) is 5. The fraction of sp³-hybridized carbons (Fsp3) is 0.222. The van der Waals surface area contributed by atoms with Gasteiger partial charge in [-0.1, -0.05) is 55.5 Å². The molecule has 2 amide bonds. The van der Waals surface area contributed by atoms with Gasteiger partial charge in [0.2, 0.25) is 0 Å². The molecule has 180 valence electrons. The Morgan fingerprint density at radius 2 is 1.60 bits per heavy atom. The molecule has 0 spiro atoms. The predicted octanol–water partition coefficient (Wildman–Crippen LogP) is 4.65. The van der Waals surface area contributed by atoms with Crippen LogP contribution < -0.4 is 15.4 Å². The zero-order valence-electron chi connectivity index (χ0n) is 19.4. The van der Waals surface area contributed by atoms with Crippen LogP contribution in [0.25, 0.3) is 11.1 Å². The van der Waals surface area contributed by atoms with E-state index in [1.807, 2.05) is 36.4 Å². The number of ether oxygens (including phenoxy) is 2. The number of carboxylic acid groups (broad SMARTS) is 1. The second-order valence-corrected chi connectivity index (χ2v) is 8.14. The Hall–Kier alpha value is -4.33. The van der Waals surface area contributed by atoms with Crippen LogP contribution in [-0.2, 0) is 9.53 Å². The van der Waals surface area contributed by atoms with E-state index in [0.29, 0.717) is 5.69 Å². The third-order valence-corrected chi connectivity index (χ3v) is 6.05. The second-order valence-electron chi connectivity index (χ2n) is 8.14. The van der Waals surface area contributed by atoms with Gasteiger partial charge in [-0.2, -0.15) is 0 Å². The lowest BCUT2D eigenvalue weighted by molar-refractivity contribution is -0.139. The van der Waals surface area contributed by atoms with E-state index in [9.17, 15) is 14.4 Å². The van der Waals surface area contributed by atoms with E-state index in [-0.39, 0.29) is 30.3 Å². The van der Waals surface area contributed by atoms with Crippen molar-refractivity contribution < 1.29 is 29.0 Å². The first-order valence-electron chi connectivity index (χ1n) is 11.3. The summed E-state index contributed by atoms with van der Waals surface area (Å²) >= 11 is 0. The van der Waals surface area contributed by atoms with Crippen LogP contribution in [0.4, 0.5) is 10.5 Å². The van der Waals surface area contributed by atoms with Crippen LogP contribution in [-0.4, -0.2) is 42.8 Å². The summed E-state index contributed by atoms with van der Waals surface area (Å²) in [5, 5.41) is 14.3. The fourth-order valence-electron chi connectivity index (χ4n) is 4.28. The van der Waals surface area contributed by atoms with Crippen LogP contribution in [0.1, 0.15) is 40.7 Å². The maximum Gasteiger partial charge on any atom is 0.411 e. The number of carbonyl (C=O) groups excluding carboxylic acids is 2. The highest BCUT2D eigenvalue weighted by Crippen LogP contribution is 2.44. The average Bonchev–Trinajstić information content (AvgIpc) is 3.19. The first-order chi connectivity index (χ1) is 16.9. The molecule has 0 bridgehead atoms. The van der Waals surface area contributed by atoms with Gasteiger partial charge in [0.1, 0.15) is 18.4 Å². The van der Waals surface area contributed by atoms with Crippen molar-refractivity contribution in [1.82, 2.24) is 5.32 Å². The monoisotopic (exact) mass is 474 g/mol. The Kier molecular flexibility index (Phi) is 7.01. The van der Waals surface area contributed by atoms with Crippen molar-refractivity contribution in [3.8, 4) is 16.9 Å². The maximum absolute atomic E-state index is 12.6. The number of methoxy groups -OCH3 is 1. The lowest BCUT2D eigenvalue weighted by atomic mass is 9.98. The molecule has 35 heavy (non-hydrogen) atoms. The molecule has 3 N–H and O–H groups in total. The number of fused-ring (bicyclic) bond motifs is 3.